The summed E-state index contributed by atoms with van der Waals surface area (Å²) in [6, 6.07) is 9.14. The molecule has 4 atom stereocenters. The van der Waals surface area contributed by atoms with E-state index in [2.05, 4.69) is 86.6 Å². The molecule has 0 amide bonds. The number of nitrogens with zero attached hydrogens (tertiary/aromatic N) is 1. The van der Waals surface area contributed by atoms with Crippen molar-refractivity contribution in [2.45, 2.75) is 130 Å². The molecule has 0 saturated carbocycles. The topological polar surface area (TPSA) is 62.6 Å². The molecule has 1 aromatic carbocycles. The van der Waals surface area contributed by atoms with Gasteiger partial charge in [0.2, 0.25) is 0 Å². The van der Waals surface area contributed by atoms with Crippen LogP contribution in [0.15, 0.2) is 24.3 Å². The fraction of sp³-hybridized carbons (Fsp3) is 0.694. The largest absolute Gasteiger partial charge is 0.388 e. The predicted octanol–water partition coefficient (Wildman–Crippen LogP) is 8.54. The lowest BCUT2D eigenvalue weighted by atomic mass is 9.67. The van der Waals surface area contributed by atoms with Gasteiger partial charge in [-0.15, -0.1) is 0 Å². The van der Waals surface area contributed by atoms with E-state index in [1.807, 2.05) is 0 Å². The standard InChI is InChI=1S/C31H43NO3.C5H12/c1-18(2)29-28-25(20-10-12-21(13-11-20)31(6)16-35-17-31)19(3)8-7-9-23(33)27(28)26-22(32-29)14-30(4,5)15-24(26)34;1-4-5(2)3/h10-13,18-19,23-25,33-34H,7-9,14-17H2,1-6H3;5H,4H2,1-3H3. The minimum absolute atomic E-state index is 0.00164. The van der Waals surface area contributed by atoms with Crippen LogP contribution < -0.4 is 0 Å². The highest BCUT2D eigenvalue weighted by Gasteiger charge is 2.41. The molecule has 3 aliphatic rings. The molecule has 2 aliphatic carbocycles. The van der Waals surface area contributed by atoms with Gasteiger partial charge in [-0.25, -0.2) is 0 Å². The second-order valence-electron chi connectivity index (χ2n) is 14.8. The molecule has 0 spiro atoms. The average molecular weight is 550 g/mol. The van der Waals surface area contributed by atoms with Crippen LogP contribution in [0.25, 0.3) is 0 Å². The molecule has 2 heterocycles. The quantitative estimate of drug-likeness (QED) is 0.401. The highest BCUT2D eigenvalue weighted by molar-refractivity contribution is 5.51. The van der Waals surface area contributed by atoms with Crippen molar-refractivity contribution >= 4 is 0 Å². The van der Waals surface area contributed by atoms with Crippen LogP contribution in [-0.2, 0) is 16.6 Å². The lowest BCUT2D eigenvalue weighted by Crippen LogP contribution is -2.43. The predicted molar refractivity (Wildman–Crippen MR) is 165 cm³/mol. The molecule has 2 N–H and O–H groups in total. The van der Waals surface area contributed by atoms with Gasteiger partial charge in [-0.1, -0.05) is 99.4 Å². The van der Waals surface area contributed by atoms with Gasteiger partial charge in [-0.05, 0) is 71.1 Å². The zero-order valence-corrected chi connectivity index (χ0v) is 26.7. The number of hydrogen-bond acceptors (Lipinski definition) is 4. The Bertz CT molecular complexity index is 1150. The van der Waals surface area contributed by atoms with E-state index >= 15 is 0 Å². The number of aliphatic hydroxyl groups is 2. The lowest BCUT2D eigenvalue weighted by Gasteiger charge is -2.41. The minimum atomic E-state index is -0.581. The van der Waals surface area contributed by atoms with Crippen molar-refractivity contribution < 1.29 is 14.9 Å². The Morgan fingerprint density at radius 1 is 0.925 bits per heavy atom. The number of hydrogen-bond donors (Lipinski definition) is 2. The second kappa shape index (κ2) is 12.2. The van der Waals surface area contributed by atoms with Crippen molar-refractivity contribution in [2.24, 2.45) is 17.3 Å². The summed E-state index contributed by atoms with van der Waals surface area (Å²) in [7, 11) is 0. The first-order chi connectivity index (χ1) is 18.8. The molecule has 0 radical (unpaired) electrons. The lowest BCUT2D eigenvalue weighted by molar-refractivity contribution is -0.0500. The maximum absolute atomic E-state index is 11.6. The minimum Gasteiger partial charge on any atom is -0.388 e. The average Bonchev–Trinajstić information content (AvgIpc) is 2.86. The van der Waals surface area contributed by atoms with Gasteiger partial charge in [-0.2, -0.15) is 0 Å². The molecular formula is C36H55NO3. The summed E-state index contributed by atoms with van der Waals surface area (Å²) in [5, 5.41) is 22.9. The summed E-state index contributed by atoms with van der Waals surface area (Å²) in [5.74, 6) is 1.69. The Kier molecular flexibility index (Phi) is 9.54. The highest BCUT2D eigenvalue weighted by atomic mass is 16.5. The van der Waals surface area contributed by atoms with E-state index in [1.165, 1.54) is 23.1 Å². The second-order valence-corrected chi connectivity index (χ2v) is 14.8. The molecule has 2 aromatic rings. The molecule has 1 fully saturated rings. The summed E-state index contributed by atoms with van der Waals surface area (Å²) >= 11 is 0. The third kappa shape index (κ3) is 6.35. The van der Waals surface area contributed by atoms with Crippen LogP contribution in [0.4, 0.5) is 0 Å². The summed E-state index contributed by atoms with van der Waals surface area (Å²) in [6.45, 7) is 21.7. The van der Waals surface area contributed by atoms with E-state index in [4.69, 9.17) is 9.72 Å². The van der Waals surface area contributed by atoms with Gasteiger partial charge >= 0.3 is 0 Å². The molecule has 4 unspecified atom stereocenters. The Balaban J connectivity index is 0.000000681. The van der Waals surface area contributed by atoms with Gasteiger partial charge in [0.05, 0.1) is 25.4 Å². The van der Waals surface area contributed by atoms with Crippen LogP contribution in [0.2, 0.25) is 0 Å². The van der Waals surface area contributed by atoms with E-state index in [0.29, 0.717) is 12.3 Å². The zero-order chi connectivity index (χ0) is 29.4. The molecule has 40 heavy (non-hydrogen) atoms. The molecule has 1 saturated heterocycles. The maximum Gasteiger partial charge on any atom is 0.0816 e. The summed E-state index contributed by atoms with van der Waals surface area (Å²) in [6.07, 6.45) is 4.51. The number of rotatable bonds is 4. The summed E-state index contributed by atoms with van der Waals surface area (Å²) < 4.78 is 5.50. The van der Waals surface area contributed by atoms with Crippen molar-refractivity contribution in [3.05, 3.63) is 63.5 Å². The normalized spacial score (nSPS) is 27.0. The first-order valence-electron chi connectivity index (χ1n) is 15.9. The molecule has 1 aliphatic heterocycles. The number of fused-ring (bicyclic) bond motifs is 3. The fourth-order valence-corrected chi connectivity index (χ4v) is 6.88. The molecule has 222 valence electrons. The van der Waals surface area contributed by atoms with E-state index in [-0.39, 0.29) is 22.7 Å². The smallest absolute Gasteiger partial charge is 0.0816 e. The summed E-state index contributed by atoms with van der Waals surface area (Å²) in [5.41, 5.74) is 7.92. The van der Waals surface area contributed by atoms with Gasteiger partial charge in [0.1, 0.15) is 0 Å². The van der Waals surface area contributed by atoms with Crippen LogP contribution in [0.3, 0.4) is 0 Å². The number of pyridine rings is 1. The van der Waals surface area contributed by atoms with E-state index < -0.39 is 12.2 Å². The van der Waals surface area contributed by atoms with Gasteiger partial charge in [0.25, 0.3) is 0 Å². The molecule has 1 aromatic heterocycles. The molecular weight excluding hydrogens is 494 g/mol. The molecule has 0 bridgehead atoms. The fourth-order valence-electron chi connectivity index (χ4n) is 6.88. The Labute approximate surface area is 244 Å². The van der Waals surface area contributed by atoms with Gasteiger partial charge in [0.15, 0.2) is 0 Å². The third-order valence-corrected chi connectivity index (χ3v) is 9.67. The van der Waals surface area contributed by atoms with Crippen LogP contribution in [0.5, 0.6) is 0 Å². The third-order valence-electron chi connectivity index (χ3n) is 9.67. The van der Waals surface area contributed by atoms with Crippen LogP contribution in [0, 0.1) is 17.3 Å². The number of benzene rings is 1. The molecule has 4 heteroatoms. The van der Waals surface area contributed by atoms with Crippen molar-refractivity contribution in [1.82, 2.24) is 4.98 Å². The number of aliphatic hydroxyl groups excluding tert-OH is 2. The van der Waals surface area contributed by atoms with Gasteiger partial charge in [0, 0.05) is 28.3 Å². The van der Waals surface area contributed by atoms with E-state index in [9.17, 15) is 10.2 Å². The number of ether oxygens (including phenoxy) is 1. The van der Waals surface area contributed by atoms with E-state index in [1.54, 1.807) is 0 Å². The van der Waals surface area contributed by atoms with Crippen molar-refractivity contribution in [3.8, 4) is 0 Å². The monoisotopic (exact) mass is 549 g/mol. The Hall–Kier alpha value is -1.75. The Morgan fingerprint density at radius 3 is 2.08 bits per heavy atom. The van der Waals surface area contributed by atoms with Crippen LogP contribution in [0.1, 0.15) is 158 Å². The SMILES string of the molecule is CC(C)c1nc2c(c3c1C(c1ccc(C4(C)COC4)cc1)C(C)CCCC3O)C(O)CC(C)(C)C2.CCC(C)C. The van der Waals surface area contributed by atoms with Crippen LogP contribution >= 0.6 is 0 Å². The highest BCUT2D eigenvalue weighted by Crippen LogP contribution is 2.51. The van der Waals surface area contributed by atoms with E-state index in [0.717, 1.165) is 67.3 Å². The maximum atomic E-state index is 11.6. The summed E-state index contributed by atoms with van der Waals surface area (Å²) in [4.78, 5) is 5.28. The van der Waals surface area contributed by atoms with Gasteiger partial charge in [-0.3, -0.25) is 4.98 Å². The zero-order valence-electron chi connectivity index (χ0n) is 26.7. The number of aromatic nitrogens is 1. The molecule has 5 rings (SSSR count). The molecule has 4 nitrogen and oxygen atoms in total. The van der Waals surface area contributed by atoms with Crippen molar-refractivity contribution in [1.29, 1.82) is 0 Å². The first-order valence-corrected chi connectivity index (χ1v) is 15.9. The van der Waals surface area contributed by atoms with Gasteiger partial charge < -0.3 is 14.9 Å². The van der Waals surface area contributed by atoms with Crippen LogP contribution in [-0.4, -0.2) is 28.4 Å². The Morgan fingerprint density at radius 2 is 1.55 bits per heavy atom. The van der Waals surface area contributed by atoms with Crippen molar-refractivity contribution in [3.63, 3.8) is 0 Å². The van der Waals surface area contributed by atoms with Crippen molar-refractivity contribution in [2.75, 3.05) is 13.2 Å². The first kappa shape index (κ1) is 31.2.